The highest BCUT2D eigenvalue weighted by Gasteiger charge is 2.04. The number of rotatable bonds is 2. The van der Waals surface area contributed by atoms with Crippen LogP contribution in [0.5, 0.6) is 11.5 Å². The van der Waals surface area contributed by atoms with Crippen LogP contribution in [0.1, 0.15) is 0 Å². The van der Waals surface area contributed by atoms with Crippen molar-refractivity contribution in [1.29, 1.82) is 0 Å². The van der Waals surface area contributed by atoms with Gasteiger partial charge < -0.3 is 14.5 Å². The maximum atomic E-state index is 10.5. The van der Waals surface area contributed by atoms with Crippen LogP contribution in [-0.4, -0.2) is 13.9 Å². The van der Waals surface area contributed by atoms with Gasteiger partial charge in [-0.15, -0.1) is 0 Å². The Morgan fingerprint density at radius 2 is 2.25 bits per heavy atom. The second kappa shape index (κ2) is 3.53. The molecule has 6 heteroatoms. The molecule has 5 nitrogen and oxygen atoms in total. The van der Waals surface area contributed by atoms with E-state index >= 15 is 0 Å². The minimum atomic E-state index is -2.47. The number of phenolic OH excluding ortho intramolecular Hbond substituents is 1. The summed E-state index contributed by atoms with van der Waals surface area (Å²) >= 11 is -2.47. The highest BCUT2D eigenvalue weighted by molar-refractivity contribution is 7.79. The van der Waals surface area contributed by atoms with Gasteiger partial charge in [-0.05, 0) is 29.3 Å². The van der Waals surface area contributed by atoms with E-state index in [1.807, 2.05) is 0 Å². The minimum Gasteiger partial charge on any atom is -0.768 e. The third kappa shape index (κ3) is 1.73. The standard InChI is InChI=1S/C6H7NO4S/c7-11-5-2-1-4(8)3-6(5)12(9)10/h1-3,8H,7H2,(H,9,10)/p-1. The van der Waals surface area contributed by atoms with Gasteiger partial charge in [0.25, 0.3) is 0 Å². The van der Waals surface area contributed by atoms with Crippen LogP contribution in [0.25, 0.3) is 0 Å². The van der Waals surface area contributed by atoms with Crippen molar-refractivity contribution in [2.45, 2.75) is 4.90 Å². The van der Waals surface area contributed by atoms with Gasteiger partial charge in [0.15, 0.2) is 5.75 Å². The van der Waals surface area contributed by atoms with Crippen molar-refractivity contribution in [3.8, 4) is 11.5 Å². The van der Waals surface area contributed by atoms with E-state index in [1.54, 1.807) is 0 Å². The van der Waals surface area contributed by atoms with Crippen molar-refractivity contribution in [2.75, 3.05) is 0 Å². The monoisotopic (exact) mass is 188 g/mol. The average Bonchev–Trinajstić information content (AvgIpc) is 2.04. The average molecular weight is 188 g/mol. The Balaban J connectivity index is 3.21. The lowest BCUT2D eigenvalue weighted by Gasteiger charge is -2.09. The lowest BCUT2D eigenvalue weighted by Crippen LogP contribution is -2.05. The highest BCUT2D eigenvalue weighted by Crippen LogP contribution is 2.24. The SMILES string of the molecule is NOc1ccc(O)cc1S(=O)[O-]. The quantitative estimate of drug-likeness (QED) is 0.498. The lowest BCUT2D eigenvalue weighted by molar-refractivity contribution is 0.323. The van der Waals surface area contributed by atoms with Crippen LogP contribution >= 0.6 is 0 Å². The van der Waals surface area contributed by atoms with Crippen LogP contribution in [0.3, 0.4) is 0 Å². The molecule has 0 saturated heterocycles. The third-order valence-corrected chi connectivity index (χ3v) is 1.91. The number of phenols is 1. The van der Waals surface area contributed by atoms with Crippen molar-refractivity contribution in [1.82, 2.24) is 0 Å². The molecule has 0 saturated carbocycles. The molecule has 66 valence electrons. The first-order chi connectivity index (χ1) is 5.65. The fraction of sp³-hybridized carbons (Fsp3) is 0. The molecule has 12 heavy (non-hydrogen) atoms. The molecule has 0 amide bonds. The van der Waals surface area contributed by atoms with Crippen LogP contribution in [0.2, 0.25) is 0 Å². The Hall–Kier alpha value is -1.11. The molecule has 1 aromatic carbocycles. The molecule has 1 unspecified atom stereocenters. The van der Waals surface area contributed by atoms with E-state index in [9.17, 15) is 8.76 Å². The summed E-state index contributed by atoms with van der Waals surface area (Å²) in [5, 5.41) is 8.91. The number of benzene rings is 1. The topological polar surface area (TPSA) is 95.6 Å². The summed E-state index contributed by atoms with van der Waals surface area (Å²) in [5.74, 6) is 4.63. The van der Waals surface area contributed by atoms with Crippen molar-refractivity contribution in [2.24, 2.45) is 5.90 Å². The van der Waals surface area contributed by atoms with Gasteiger partial charge in [0, 0.05) is 0 Å². The zero-order valence-electron chi connectivity index (χ0n) is 5.89. The fourth-order valence-corrected chi connectivity index (χ4v) is 1.22. The molecule has 0 heterocycles. The summed E-state index contributed by atoms with van der Waals surface area (Å²) in [6.07, 6.45) is 0. The Kier molecular flexibility index (Phi) is 2.64. The molecule has 1 rings (SSSR count). The second-order valence-electron chi connectivity index (χ2n) is 1.98. The predicted octanol–water partition coefficient (Wildman–Crippen LogP) is -0.117. The summed E-state index contributed by atoms with van der Waals surface area (Å²) in [5.41, 5.74) is 0. The van der Waals surface area contributed by atoms with Gasteiger partial charge in [-0.25, -0.2) is 0 Å². The molecule has 0 aromatic heterocycles. The van der Waals surface area contributed by atoms with E-state index in [0.717, 1.165) is 6.07 Å². The minimum absolute atomic E-state index is 0.00105. The van der Waals surface area contributed by atoms with Gasteiger partial charge >= 0.3 is 0 Å². The number of nitrogens with two attached hydrogens (primary N) is 1. The largest absolute Gasteiger partial charge is 0.768 e. The van der Waals surface area contributed by atoms with Crippen LogP contribution in [-0.2, 0) is 11.1 Å². The molecule has 0 spiro atoms. The van der Waals surface area contributed by atoms with Crippen LogP contribution in [0.4, 0.5) is 0 Å². The Labute approximate surface area is 71.0 Å². The molecule has 0 radical (unpaired) electrons. The van der Waals surface area contributed by atoms with Gasteiger partial charge in [0.05, 0.1) is 4.90 Å². The highest BCUT2D eigenvalue weighted by atomic mass is 32.2. The molecule has 1 aromatic rings. The second-order valence-corrected chi connectivity index (χ2v) is 2.89. The first kappa shape index (κ1) is 8.98. The molecular formula is C6H6NO4S-. The van der Waals surface area contributed by atoms with E-state index < -0.39 is 11.1 Å². The fourth-order valence-electron chi connectivity index (χ4n) is 0.724. The Morgan fingerprint density at radius 1 is 1.58 bits per heavy atom. The van der Waals surface area contributed by atoms with Crippen molar-refractivity contribution < 1.29 is 18.7 Å². The van der Waals surface area contributed by atoms with Crippen LogP contribution in [0.15, 0.2) is 23.1 Å². The van der Waals surface area contributed by atoms with Crippen LogP contribution < -0.4 is 10.7 Å². The molecule has 0 aliphatic rings. The molecule has 1 atom stereocenters. The number of hydrogen-bond acceptors (Lipinski definition) is 5. The van der Waals surface area contributed by atoms with E-state index in [4.69, 9.17) is 11.0 Å². The van der Waals surface area contributed by atoms with Gasteiger partial charge in [-0.3, -0.25) is 4.21 Å². The maximum Gasteiger partial charge on any atom is 0.162 e. The van der Waals surface area contributed by atoms with Gasteiger partial charge in [-0.2, -0.15) is 5.90 Å². The van der Waals surface area contributed by atoms with E-state index in [1.165, 1.54) is 12.1 Å². The summed E-state index contributed by atoms with van der Waals surface area (Å²) in [6.45, 7) is 0. The molecule has 0 bridgehead atoms. The summed E-state index contributed by atoms with van der Waals surface area (Å²) < 4.78 is 21.0. The summed E-state index contributed by atoms with van der Waals surface area (Å²) in [4.78, 5) is 4.09. The van der Waals surface area contributed by atoms with E-state index in [0.29, 0.717) is 0 Å². The zero-order valence-corrected chi connectivity index (χ0v) is 6.71. The number of hydrogen-bond donors (Lipinski definition) is 2. The maximum absolute atomic E-state index is 10.5. The molecule has 0 aliphatic heterocycles. The Bertz CT molecular complexity index is 314. The first-order valence-corrected chi connectivity index (χ1v) is 4.01. The Morgan fingerprint density at radius 3 is 2.75 bits per heavy atom. The smallest absolute Gasteiger partial charge is 0.162 e. The third-order valence-electron chi connectivity index (χ3n) is 1.23. The normalized spacial score (nSPS) is 12.5. The van der Waals surface area contributed by atoms with E-state index in [-0.39, 0.29) is 16.4 Å². The lowest BCUT2D eigenvalue weighted by atomic mass is 10.3. The summed E-state index contributed by atoms with van der Waals surface area (Å²) in [7, 11) is 0. The van der Waals surface area contributed by atoms with E-state index in [2.05, 4.69) is 4.84 Å². The van der Waals surface area contributed by atoms with Gasteiger partial charge in [0.1, 0.15) is 5.75 Å². The van der Waals surface area contributed by atoms with Gasteiger partial charge in [-0.1, -0.05) is 0 Å². The first-order valence-electron chi connectivity index (χ1n) is 2.94. The molecule has 3 N–H and O–H groups in total. The predicted molar refractivity (Wildman–Crippen MR) is 40.1 cm³/mol. The van der Waals surface area contributed by atoms with Crippen molar-refractivity contribution in [3.05, 3.63) is 18.2 Å². The van der Waals surface area contributed by atoms with Crippen molar-refractivity contribution in [3.63, 3.8) is 0 Å². The molecular weight excluding hydrogens is 182 g/mol. The molecule has 0 aliphatic carbocycles. The zero-order chi connectivity index (χ0) is 9.14. The number of aromatic hydroxyl groups is 1. The molecule has 0 fully saturated rings. The van der Waals surface area contributed by atoms with Crippen molar-refractivity contribution >= 4 is 11.1 Å². The van der Waals surface area contributed by atoms with Gasteiger partial charge in [0.2, 0.25) is 0 Å². The summed E-state index contributed by atoms with van der Waals surface area (Å²) in [6, 6.07) is 3.59. The van der Waals surface area contributed by atoms with Crippen LogP contribution in [0, 0.1) is 0 Å².